The maximum Gasteiger partial charge on any atom is 0.419 e. The lowest BCUT2D eigenvalue weighted by Crippen LogP contribution is -2.44. The molecule has 1 aromatic rings. The average molecular weight is 324 g/mol. The van der Waals surface area contributed by atoms with Crippen molar-refractivity contribution in [1.82, 2.24) is 5.32 Å². The lowest BCUT2D eigenvalue weighted by atomic mass is 10.1. The number of nitrogens with one attached hydrogen (secondary N) is 2. The third-order valence-electron chi connectivity index (χ3n) is 2.42. The lowest BCUT2D eigenvalue weighted by molar-refractivity contribution is -0.140. The minimum absolute atomic E-state index is 0.0429. The summed E-state index contributed by atoms with van der Waals surface area (Å²) in [6.45, 7) is 1.18. The molecule has 0 aliphatic heterocycles. The van der Waals surface area contributed by atoms with Gasteiger partial charge in [-0.3, -0.25) is 9.59 Å². The van der Waals surface area contributed by atoms with Crippen molar-refractivity contribution >= 4 is 30.1 Å². The summed E-state index contributed by atoms with van der Waals surface area (Å²) < 4.78 is 50.7. The van der Waals surface area contributed by atoms with Gasteiger partial charge in [-0.2, -0.15) is 25.8 Å². The van der Waals surface area contributed by atoms with E-state index in [0.717, 1.165) is 6.07 Å². The predicted octanol–water partition coefficient (Wildman–Crippen LogP) is 2.22. The van der Waals surface area contributed by atoms with E-state index < -0.39 is 35.4 Å². The standard InChI is InChI=1S/C12H12F4N2O2S/c1-6(19)17-10(5-21)11(20)18-7-2-3-9(13)8(4-7)12(14,15)16/h2-4,10,21H,5H2,1H3,(H,17,19)(H,18,20). The van der Waals surface area contributed by atoms with Gasteiger partial charge in [0, 0.05) is 18.4 Å². The molecule has 1 aromatic carbocycles. The number of hydrogen-bond acceptors (Lipinski definition) is 3. The molecule has 4 nitrogen and oxygen atoms in total. The number of alkyl halides is 3. The van der Waals surface area contributed by atoms with Gasteiger partial charge >= 0.3 is 6.18 Å². The average Bonchev–Trinajstić information content (AvgIpc) is 2.36. The second-order valence-electron chi connectivity index (χ2n) is 4.12. The molecule has 9 heteroatoms. The molecule has 1 atom stereocenters. The summed E-state index contributed by atoms with van der Waals surface area (Å²) >= 11 is 3.86. The molecular formula is C12H12F4N2O2S. The summed E-state index contributed by atoms with van der Waals surface area (Å²) in [5, 5.41) is 4.45. The first-order valence-corrected chi connectivity index (χ1v) is 6.34. The van der Waals surface area contributed by atoms with Crippen LogP contribution in [-0.2, 0) is 15.8 Å². The number of amides is 2. The topological polar surface area (TPSA) is 58.2 Å². The Morgan fingerprint density at radius 2 is 1.95 bits per heavy atom. The van der Waals surface area contributed by atoms with E-state index in [1.165, 1.54) is 6.92 Å². The Labute approximate surface area is 123 Å². The van der Waals surface area contributed by atoms with Crippen LogP contribution in [0.15, 0.2) is 18.2 Å². The van der Waals surface area contributed by atoms with Gasteiger partial charge in [-0.25, -0.2) is 4.39 Å². The Bertz CT molecular complexity index is 549. The molecule has 1 unspecified atom stereocenters. The van der Waals surface area contributed by atoms with E-state index in [2.05, 4.69) is 23.3 Å². The zero-order chi connectivity index (χ0) is 16.2. The van der Waals surface area contributed by atoms with E-state index in [-0.39, 0.29) is 11.4 Å². The zero-order valence-electron chi connectivity index (χ0n) is 10.8. The number of anilines is 1. The molecule has 0 saturated heterocycles. The third-order valence-corrected chi connectivity index (χ3v) is 2.78. The second-order valence-corrected chi connectivity index (χ2v) is 4.48. The van der Waals surface area contributed by atoms with Crippen LogP contribution in [0, 0.1) is 5.82 Å². The van der Waals surface area contributed by atoms with Crippen molar-refractivity contribution < 1.29 is 27.2 Å². The van der Waals surface area contributed by atoms with Crippen molar-refractivity contribution in [3.05, 3.63) is 29.6 Å². The summed E-state index contributed by atoms with van der Waals surface area (Å²) in [4.78, 5) is 22.7. The zero-order valence-corrected chi connectivity index (χ0v) is 11.7. The van der Waals surface area contributed by atoms with Crippen LogP contribution in [0.25, 0.3) is 0 Å². The normalized spacial score (nSPS) is 12.7. The Morgan fingerprint density at radius 1 is 1.33 bits per heavy atom. The minimum Gasteiger partial charge on any atom is -0.344 e. The van der Waals surface area contributed by atoms with Crippen molar-refractivity contribution in [2.75, 3.05) is 11.1 Å². The molecule has 0 spiro atoms. The molecule has 0 radical (unpaired) electrons. The quantitative estimate of drug-likeness (QED) is 0.587. The van der Waals surface area contributed by atoms with Crippen LogP contribution in [0.1, 0.15) is 12.5 Å². The van der Waals surface area contributed by atoms with Crippen molar-refractivity contribution in [2.24, 2.45) is 0 Å². The van der Waals surface area contributed by atoms with E-state index in [9.17, 15) is 27.2 Å². The molecule has 1 rings (SSSR count). The fourth-order valence-corrected chi connectivity index (χ4v) is 1.75. The highest BCUT2D eigenvalue weighted by molar-refractivity contribution is 7.80. The maximum absolute atomic E-state index is 13.1. The smallest absolute Gasteiger partial charge is 0.344 e. The van der Waals surface area contributed by atoms with E-state index in [1.54, 1.807) is 0 Å². The van der Waals surface area contributed by atoms with Crippen molar-refractivity contribution in [3.63, 3.8) is 0 Å². The molecule has 116 valence electrons. The molecule has 2 N–H and O–H groups in total. The molecule has 0 bridgehead atoms. The Hall–Kier alpha value is -1.77. The summed E-state index contributed by atoms with van der Waals surface area (Å²) in [7, 11) is 0. The Kier molecular flexibility index (Phi) is 5.59. The summed E-state index contributed by atoms with van der Waals surface area (Å²) in [5.74, 6) is -2.72. The number of carbonyl (C=O) groups is 2. The maximum atomic E-state index is 13.1. The number of rotatable bonds is 4. The number of hydrogen-bond donors (Lipinski definition) is 3. The Balaban J connectivity index is 2.93. The van der Waals surface area contributed by atoms with Crippen LogP contribution in [0.3, 0.4) is 0 Å². The first-order chi connectivity index (χ1) is 9.65. The third kappa shape index (κ3) is 4.92. The van der Waals surface area contributed by atoms with Crippen LogP contribution < -0.4 is 10.6 Å². The monoisotopic (exact) mass is 324 g/mol. The number of carbonyl (C=O) groups excluding carboxylic acids is 2. The van der Waals surface area contributed by atoms with Crippen LogP contribution >= 0.6 is 12.6 Å². The van der Waals surface area contributed by atoms with Crippen LogP contribution in [0.4, 0.5) is 23.2 Å². The molecule has 0 fully saturated rings. The Morgan fingerprint density at radius 3 is 2.43 bits per heavy atom. The highest BCUT2D eigenvalue weighted by Gasteiger charge is 2.34. The van der Waals surface area contributed by atoms with E-state index in [0.29, 0.717) is 12.1 Å². The van der Waals surface area contributed by atoms with Gasteiger partial charge in [0.1, 0.15) is 11.9 Å². The van der Waals surface area contributed by atoms with E-state index >= 15 is 0 Å². The van der Waals surface area contributed by atoms with Crippen molar-refractivity contribution in [1.29, 1.82) is 0 Å². The van der Waals surface area contributed by atoms with Crippen LogP contribution in [0.2, 0.25) is 0 Å². The van der Waals surface area contributed by atoms with E-state index in [4.69, 9.17) is 0 Å². The fourth-order valence-electron chi connectivity index (χ4n) is 1.49. The first kappa shape index (κ1) is 17.3. The van der Waals surface area contributed by atoms with Crippen LogP contribution in [0.5, 0.6) is 0 Å². The lowest BCUT2D eigenvalue weighted by Gasteiger charge is -2.16. The van der Waals surface area contributed by atoms with E-state index in [1.807, 2.05) is 0 Å². The van der Waals surface area contributed by atoms with Gasteiger partial charge in [-0.15, -0.1) is 0 Å². The summed E-state index contributed by atoms with van der Waals surface area (Å²) in [6.07, 6.45) is -4.87. The highest BCUT2D eigenvalue weighted by atomic mass is 32.1. The molecule has 0 heterocycles. The number of benzene rings is 1. The summed E-state index contributed by atoms with van der Waals surface area (Å²) in [6, 6.07) is 1.07. The van der Waals surface area contributed by atoms with Gasteiger partial charge in [0.25, 0.3) is 0 Å². The number of halogens is 4. The minimum atomic E-state index is -4.87. The van der Waals surface area contributed by atoms with Gasteiger partial charge in [-0.1, -0.05) is 0 Å². The second kappa shape index (κ2) is 6.79. The van der Waals surface area contributed by atoms with Gasteiger partial charge < -0.3 is 10.6 Å². The molecule has 0 saturated carbocycles. The van der Waals surface area contributed by atoms with Crippen molar-refractivity contribution in [3.8, 4) is 0 Å². The predicted molar refractivity (Wildman–Crippen MR) is 71.5 cm³/mol. The first-order valence-electron chi connectivity index (χ1n) is 5.70. The van der Waals surface area contributed by atoms with Gasteiger partial charge in [-0.05, 0) is 18.2 Å². The molecule has 2 amide bonds. The number of thiol groups is 1. The molecule has 0 aliphatic carbocycles. The molecule has 0 aliphatic rings. The SMILES string of the molecule is CC(=O)NC(CS)C(=O)Nc1ccc(F)c(C(F)(F)F)c1. The largest absolute Gasteiger partial charge is 0.419 e. The van der Waals surface area contributed by atoms with Gasteiger partial charge in [0.15, 0.2) is 0 Å². The van der Waals surface area contributed by atoms with Gasteiger partial charge in [0.05, 0.1) is 5.56 Å². The highest BCUT2D eigenvalue weighted by Crippen LogP contribution is 2.32. The fraction of sp³-hybridized carbons (Fsp3) is 0.333. The van der Waals surface area contributed by atoms with Crippen LogP contribution in [-0.4, -0.2) is 23.6 Å². The van der Waals surface area contributed by atoms with Gasteiger partial charge in [0.2, 0.25) is 11.8 Å². The van der Waals surface area contributed by atoms with Crippen molar-refractivity contribution in [2.45, 2.75) is 19.1 Å². The molecule has 0 aromatic heterocycles. The summed E-state index contributed by atoms with van der Waals surface area (Å²) in [5.41, 5.74) is -1.71. The molecular weight excluding hydrogens is 312 g/mol. The molecule has 21 heavy (non-hydrogen) atoms.